The fraction of sp³-hybridized carbons (Fsp3) is 0.188. The highest BCUT2D eigenvalue weighted by Crippen LogP contribution is 2.17. The molecule has 4 heteroatoms. The Balaban J connectivity index is 1.94. The van der Waals surface area contributed by atoms with E-state index in [0.29, 0.717) is 11.7 Å². The Kier molecular flexibility index (Phi) is 4.96. The topological polar surface area (TPSA) is 33.3 Å². The number of thiocarbonyl (C=S) groups is 1. The van der Waals surface area contributed by atoms with Crippen LogP contribution >= 0.6 is 12.2 Å². The third kappa shape index (κ3) is 3.71. The highest BCUT2D eigenvalue weighted by atomic mass is 32.1. The highest BCUT2D eigenvalue weighted by molar-refractivity contribution is 7.80. The lowest BCUT2D eigenvalue weighted by atomic mass is 10.2. The number of para-hydroxylation sites is 2. The first kappa shape index (κ1) is 14.3. The largest absolute Gasteiger partial charge is 0.496 e. The summed E-state index contributed by atoms with van der Waals surface area (Å²) < 4.78 is 5.31. The van der Waals surface area contributed by atoms with Crippen LogP contribution in [0, 0.1) is 6.92 Å². The molecule has 104 valence electrons. The van der Waals surface area contributed by atoms with Crippen molar-refractivity contribution in [3.63, 3.8) is 0 Å². The summed E-state index contributed by atoms with van der Waals surface area (Å²) in [7, 11) is 1.67. The molecule has 2 N–H and O–H groups in total. The van der Waals surface area contributed by atoms with Crippen molar-refractivity contribution in [2.24, 2.45) is 0 Å². The molecule has 2 aromatic rings. The minimum Gasteiger partial charge on any atom is -0.496 e. The maximum absolute atomic E-state index is 5.31. The molecule has 0 fully saturated rings. The van der Waals surface area contributed by atoms with E-state index in [9.17, 15) is 0 Å². The standard InChI is InChI=1S/C16H18N2OS/c1-12-7-3-5-9-14(12)18-16(20)17-11-13-8-4-6-10-15(13)19-2/h3-10H,11H2,1-2H3,(H2,17,18,20). The number of aryl methyl sites for hydroxylation is 1. The van der Waals surface area contributed by atoms with Crippen LogP contribution in [0.15, 0.2) is 48.5 Å². The molecular weight excluding hydrogens is 268 g/mol. The average Bonchev–Trinajstić information content (AvgIpc) is 2.48. The first-order valence-electron chi connectivity index (χ1n) is 6.43. The minimum absolute atomic E-state index is 0.602. The number of methoxy groups -OCH3 is 1. The van der Waals surface area contributed by atoms with Crippen molar-refractivity contribution in [3.8, 4) is 5.75 Å². The van der Waals surface area contributed by atoms with Gasteiger partial charge >= 0.3 is 0 Å². The first-order valence-corrected chi connectivity index (χ1v) is 6.84. The van der Waals surface area contributed by atoms with Crippen molar-refractivity contribution in [1.29, 1.82) is 0 Å². The van der Waals surface area contributed by atoms with E-state index < -0.39 is 0 Å². The van der Waals surface area contributed by atoms with Gasteiger partial charge < -0.3 is 15.4 Å². The molecule has 0 aliphatic carbocycles. The third-order valence-electron chi connectivity index (χ3n) is 3.03. The lowest BCUT2D eigenvalue weighted by molar-refractivity contribution is 0.409. The normalized spacial score (nSPS) is 9.90. The summed E-state index contributed by atoms with van der Waals surface area (Å²) in [5.74, 6) is 0.860. The molecule has 2 rings (SSSR count). The van der Waals surface area contributed by atoms with Gasteiger partial charge in [-0.3, -0.25) is 0 Å². The number of ether oxygens (including phenoxy) is 1. The zero-order valence-corrected chi connectivity index (χ0v) is 12.5. The van der Waals surface area contributed by atoms with Crippen molar-refractivity contribution in [2.45, 2.75) is 13.5 Å². The maximum atomic E-state index is 5.31. The summed E-state index contributed by atoms with van der Waals surface area (Å²) in [6.45, 7) is 2.67. The molecule has 0 radical (unpaired) electrons. The van der Waals surface area contributed by atoms with Gasteiger partial charge in [-0.05, 0) is 36.8 Å². The Morgan fingerprint density at radius 3 is 2.55 bits per heavy atom. The van der Waals surface area contributed by atoms with Gasteiger partial charge in [0.2, 0.25) is 0 Å². The fourth-order valence-corrected chi connectivity index (χ4v) is 2.09. The molecule has 0 aliphatic heterocycles. The number of hydrogen-bond acceptors (Lipinski definition) is 2. The SMILES string of the molecule is COc1ccccc1CNC(=S)Nc1ccccc1C. The van der Waals surface area contributed by atoms with Gasteiger partial charge in [0.15, 0.2) is 5.11 Å². The first-order chi connectivity index (χ1) is 9.70. The molecular formula is C16H18N2OS. The zero-order chi connectivity index (χ0) is 14.4. The predicted molar refractivity (Wildman–Crippen MR) is 87.2 cm³/mol. The zero-order valence-electron chi connectivity index (χ0n) is 11.6. The average molecular weight is 286 g/mol. The molecule has 3 nitrogen and oxygen atoms in total. The second-order valence-corrected chi connectivity index (χ2v) is 4.84. The predicted octanol–water partition coefficient (Wildman–Crippen LogP) is 3.49. The van der Waals surface area contributed by atoms with Crippen LogP contribution in [0.1, 0.15) is 11.1 Å². The summed E-state index contributed by atoms with van der Waals surface area (Å²) in [4.78, 5) is 0. The maximum Gasteiger partial charge on any atom is 0.171 e. The van der Waals surface area contributed by atoms with Gasteiger partial charge in [-0.2, -0.15) is 0 Å². The van der Waals surface area contributed by atoms with Crippen LogP contribution in [0.5, 0.6) is 5.75 Å². The van der Waals surface area contributed by atoms with Crippen molar-refractivity contribution >= 4 is 23.0 Å². The molecule has 0 spiro atoms. The van der Waals surface area contributed by atoms with E-state index in [1.807, 2.05) is 55.5 Å². The lowest BCUT2D eigenvalue weighted by Gasteiger charge is -2.13. The van der Waals surface area contributed by atoms with Crippen LogP contribution < -0.4 is 15.4 Å². The molecule has 0 saturated carbocycles. The smallest absolute Gasteiger partial charge is 0.171 e. The van der Waals surface area contributed by atoms with Gasteiger partial charge in [-0.1, -0.05) is 36.4 Å². The van der Waals surface area contributed by atoms with Crippen molar-refractivity contribution in [3.05, 3.63) is 59.7 Å². The van der Waals surface area contributed by atoms with Crippen LogP contribution in [0.2, 0.25) is 0 Å². The van der Waals surface area contributed by atoms with Crippen LogP contribution in [0.3, 0.4) is 0 Å². The van der Waals surface area contributed by atoms with E-state index in [1.165, 1.54) is 0 Å². The summed E-state index contributed by atoms with van der Waals surface area (Å²) in [5, 5.41) is 6.99. The molecule has 0 saturated heterocycles. The van der Waals surface area contributed by atoms with Gasteiger partial charge in [0.1, 0.15) is 5.75 Å². The highest BCUT2D eigenvalue weighted by Gasteiger charge is 2.03. The van der Waals surface area contributed by atoms with E-state index in [1.54, 1.807) is 7.11 Å². The van der Waals surface area contributed by atoms with E-state index in [2.05, 4.69) is 10.6 Å². The molecule has 2 aromatic carbocycles. The molecule has 0 amide bonds. The molecule has 0 heterocycles. The Hall–Kier alpha value is -2.07. The molecule has 0 atom stereocenters. The summed E-state index contributed by atoms with van der Waals surface area (Å²) >= 11 is 5.31. The van der Waals surface area contributed by atoms with Crippen molar-refractivity contribution in [1.82, 2.24) is 5.32 Å². The molecule has 0 bridgehead atoms. The van der Waals surface area contributed by atoms with Crippen LogP contribution in [-0.4, -0.2) is 12.2 Å². The number of anilines is 1. The molecule has 0 unspecified atom stereocenters. The van der Waals surface area contributed by atoms with Crippen LogP contribution in [0.25, 0.3) is 0 Å². The van der Waals surface area contributed by atoms with E-state index in [-0.39, 0.29) is 0 Å². The van der Waals surface area contributed by atoms with E-state index in [0.717, 1.165) is 22.6 Å². The van der Waals surface area contributed by atoms with Gasteiger partial charge in [-0.25, -0.2) is 0 Å². The van der Waals surface area contributed by atoms with Crippen molar-refractivity contribution in [2.75, 3.05) is 12.4 Å². The Bertz CT molecular complexity index is 599. The van der Waals surface area contributed by atoms with Crippen LogP contribution in [-0.2, 0) is 6.54 Å². The fourth-order valence-electron chi connectivity index (χ4n) is 1.90. The second-order valence-electron chi connectivity index (χ2n) is 4.43. The number of benzene rings is 2. The Morgan fingerprint density at radius 1 is 1.10 bits per heavy atom. The van der Waals surface area contributed by atoms with E-state index in [4.69, 9.17) is 17.0 Å². The van der Waals surface area contributed by atoms with Gasteiger partial charge in [0, 0.05) is 17.8 Å². The monoisotopic (exact) mass is 286 g/mol. The summed E-state index contributed by atoms with van der Waals surface area (Å²) in [6.07, 6.45) is 0. The Morgan fingerprint density at radius 2 is 1.80 bits per heavy atom. The number of rotatable bonds is 4. The Labute approximate surface area is 125 Å². The number of hydrogen-bond donors (Lipinski definition) is 2. The quantitative estimate of drug-likeness (QED) is 0.843. The molecule has 0 aliphatic rings. The van der Waals surface area contributed by atoms with Crippen LogP contribution in [0.4, 0.5) is 5.69 Å². The van der Waals surface area contributed by atoms with Gasteiger partial charge in [0.05, 0.1) is 7.11 Å². The van der Waals surface area contributed by atoms with Gasteiger partial charge in [-0.15, -0.1) is 0 Å². The summed E-state index contributed by atoms with van der Waals surface area (Å²) in [5.41, 5.74) is 3.25. The van der Waals surface area contributed by atoms with Gasteiger partial charge in [0.25, 0.3) is 0 Å². The number of nitrogens with one attached hydrogen (secondary N) is 2. The molecule has 20 heavy (non-hydrogen) atoms. The second kappa shape index (κ2) is 6.91. The molecule has 0 aromatic heterocycles. The third-order valence-corrected chi connectivity index (χ3v) is 3.27. The lowest BCUT2D eigenvalue weighted by Crippen LogP contribution is -2.28. The van der Waals surface area contributed by atoms with Crippen molar-refractivity contribution < 1.29 is 4.74 Å². The summed E-state index contributed by atoms with van der Waals surface area (Å²) in [6, 6.07) is 15.9. The minimum atomic E-state index is 0.602. The van der Waals surface area contributed by atoms with E-state index >= 15 is 0 Å².